The van der Waals surface area contributed by atoms with Crippen LogP contribution in [0.5, 0.6) is 0 Å². The summed E-state index contributed by atoms with van der Waals surface area (Å²) in [6.45, 7) is 5.63. The van der Waals surface area contributed by atoms with E-state index in [1.54, 1.807) is 13.8 Å². The summed E-state index contributed by atoms with van der Waals surface area (Å²) in [5.41, 5.74) is 3.10. The lowest BCUT2D eigenvalue weighted by molar-refractivity contribution is 0.580. The van der Waals surface area contributed by atoms with E-state index < -0.39 is 10.0 Å². The van der Waals surface area contributed by atoms with E-state index in [2.05, 4.69) is 14.9 Å². The Kier molecular flexibility index (Phi) is 3.73. The molecule has 0 amide bonds. The maximum Gasteiger partial charge on any atom is 0.244 e. The van der Waals surface area contributed by atoms with Gasteiger partial charge in [0.05, 0.1) is 11.4 Å². The molecule has 0 atom stereocenters. The van der Waals surface area contributed by atoms with E-state index in [1.807, 2.05) is 31.2 Å². The van der Waals surface area contributed by atoms with Gasteiger partial charge in [0.15, 0.2) is 0 Å². The maximum atomic E-state index is 12.2. The number of aromatic amines is 1. The van der Waals surface area contributed by atoms with E-state index in [0.717, 1.165) is 11.1 Å². The van der Waals surface area contributed by atoms with Crippen LogP contribution in [0.1, 0.15) is 22.5 Å². The number of nitrogens with one attached hydrogen (secondary N) is 2. The second kappa shape index (κ2) is 5.14. The van der Waals surface area contributed by atoms with Crippen molar-refractivity contribution < 1.29 is 8.42 Å². The normalized spacial score (nSPS) is 11.7. The first-order valence-electron chi connectivity index (χ1n) is 5.97. The van der Waals surface area contributed by atoms with Crippen LogP contribution in [0.15, 0.2) is 29.2 Å². The van der Waals surface area contributed by atoms with Crippen molar-refractivity contribution in [2.24, 2.45) is 0 Å². The fraction of sp³-hybridized carbons (Fsp3) is 0.308. The Balaban J connectivity index is 2.17. The second-order valence-corrected chi connectivity index (χ2v) is 6.28. The van der Waals surface area contributed by atoms with Crippen molar-refractivity contribution in [1.29, 1.82) is 0 Å². The summed E-state index contributed by atoms with van der Waals surface area (Å²) in [6.07, 6.45) is 0. The molecule has 0 unspecified atom stereocenters. The van der Waals surface area contributed by atoms with Crippen LogP contribution < -0.4 is 4.72 Å². The minimum absolute atomic E-state index is 0.236. The largest absolute Gasteiger partial charge is 0.281 e. The van der Waals surface area contributed by atoms with E-state index in [1.165, 1.54) is 0 Å². The Bertz CT molecular complexity index is 653. The first-order chi connectivity index (χ1) is 8.90. The van der Waals surface area contributed by atoms with Crippen molar-refractivity contribution in [2.75, 3.05) is 0 Å². The lowest BCUT2D eigenvalue weighted by atomic mass is 10.2. The Morgan fingerprint density at radius 1 is 1.16 bits per heavy atom. The van der Waals surface area contributed by atoms with E-state index >= 15 is 0 Å². The molecule has 0 aliphatic heterocycles. The molecule has 0 aliphatic carbocycles. The second-order valence-electron chi connectivity index (χ2n) is 4.57. The highest BCUT2D eigenvalue weighted by Gasteiger charge is 2.21. The summed E-state index contributed by atoms with van der Waals surface area (Å²) in [5, 5.41) is 6.58. The van der Waals surface area contributed by atoms with Crippen LogP contribution in [0.4, 0.5) is 0 Å². The van der Waals surface area contributed by atoms with Crippen LogP contribution in [-0.2, 0) is 16.6 Å². The lowest BCUT2D eigenvalue weighted by Gasteiger charge is -2.07. The molecule has 2 aromatic rings. The average molecular weight is 279 g/mol. The van der Waals surface area contributed by atoms with Gasteiger partial charge in [-0.05, 0) is 26.3 Å². The SMILES string of the molecule is Cc1ccc(CNS(=O)(=O)c2c(C)n[nH]c2C)cc1. The summed E-state index contributed by atoms with van der Waals surface area (Å²) in [5.74, 6) is 0. The third-order valence-electron chi connectivity index (χ3n) is 2.92. The number of sulfonamides is 1. The molecule has 6 heteroatoms. The van der Waals surface area contributed by atoms with Gasteiger partial charge in [0, 0.05) is 6.54 Å². The molecular weight excluding hydrogens is 262 g/mol. The topological polar surface area (TPSA) is 74.8 Å². The maximum absolute atomic E-state index is 12.2. The summed E-state index contributed by atoms with van der Waals surface area (Å²) >= 11 is 0. The Hall–Kier alpha value is -1.66. The van der Waals surface area contributed by atoms with Crippen LogP contribution in [0, 0.1) is 20.8 Å². The van der Waals surface area contributed by atoms with Gasteiger partial charge in [0.2, 0.25) is 10.0 Å². The highest BCUT2D eigenvalue weighted by Crippen LogP contribution is 2.16. The number of rotatable bonds is 4. The third-order valence-corrected chi connectivity index (χ3v) is 4.58. The zero-order valence-corrected chi connectivity index (χ0v) is 12.0. The predicted octanol–water partition coefficient (Wildman–Crippen LogP) is 1.81. The standard InChI is InChI=1S/C13H17N3O2S/c1-9-4-6-12(7-5-9)8-14-19(17,18)13-10(2)15-16-11(13)3/h4-7,14H,8H2,1-3H3,(H,15,16). The summed E-state index contributed by atoms with van der Waals surface area (Å²) < 4.78 is 27.0. The summed E-state index contributed by atoms with van der Waals surface area (Å²) in [6, 6.07) is 7.73. The van der Waals surface area contributed by atoms with E-state index in [4.69, 9.17) is 0 Å². The molecule has 0 fully saturated rings. The Labute approximate surface area is 113 Å². The molecule has 0 bridgehead atoms. The lowest BCUT2D eigenvalue weighted by Crippen LogP contribution is -2.24. The predicted molar refractivity (Wildman–Crippen MR) is 73.3 cm³/mol. The van der Waals surface area contributed by atoms with Crippen LogP contribution in [0.25, 0.3) is 0 Å². The smallest absolute Gasteiger partial charge is 0.244 e. The van der Waals surface area contributed by atoms with Gasteiger partial charge in [-0.3, -0.25) is 5.10 Å². The summed E-state index contributed by atoms with van der Waals surface area (Å²) in [4.78, 5) is 0.236. The zero-order chi connectivity index (χ0) is 14.0. The number of aromatic nitrogens is 2. The molecule has 0 aliphatic rings. The first-order valence-corrected chi connectivity index (χ1v) is 7.45. The quantitative estimate of drug-likeness (QED) is 0.896. The average Bonchev–Trinajstić information content (AvgIpc) is 2.69. The van der Waals surface area contributed by atoms with Crippen molar-refractivity contribution in [3.05, 3.63) is 46.8 Å². The van der Waals surface area contributed by atoms with Crippen molar-refractivity contribution >= 4 is 10.0 Å². The number of nitrogens with zero attached hydrogens (tertiary/aromatic N) is 1. The molecule has 5 nitrogen and oxygen atoms in total. The van der Waals surface area contributed by atoms with E-state index in [-0.39, 0.29) is 11.4 Å². The minimum Gasteiger partial charge on any atom is -0.281 e. The number of benzene rings is 1. The van der Waals surface area contributed by atoms with Gasteiger partial charge in [-0.25, -0.2) is 13.1 Å². The minimum atomic E-state index is -3.53. The van der Waals surface area contributed by atoms with Gasteiger partial charge >= 0.3 is 0 Å². The molecule has 0 radical (unpaired) electrons. The van der Waals surface area contributed by atoms with Gasteiger partial charge in [-0.1, -0.05) is 29.8 Å². The van der Waals surface area contributed by atoms with Crippen LogP contribution in [-0.4, -0.2) is 18.6 Å². The van der Waals surface area contributed by atoms with Gasteiger partial charge < -0.3 is 0 Å². The van der Waals surface area contributed by atoms with Crippen LogP contribution >= 0.6 is 0 Å². The first kappa shape index (κ1) is 13.8. The number of aryl methyl sites for hydroxylation is 3. The fourth-order valence-corrected chi connectivity index (χ4v) is 3.28. The molecule has 0 saturated heterocycles. The number of H-pyrrole nitrogens is 1. The van der Waals surface area contributed by atoms with Crippen molar-refractivity contribution in [1.82, 2.24) is 14.9 Å². The molecular formula is C13H17N3O2S. The van der Waals surface area contributed by atoms with Gasteiger partial charge in [0.1, 0.15) is 4.90 Å². The molecule has 102 valence electrons. The molecule has 0 saturated carbocycles. The molecule has 19 heavy (non-hydrogen) atoms. The van der Waals surface area contributed by atoms with E-state index in [0.29, 0.717) is 11.4 Å². The Morgan fingerprint density at radius 3 is 2.32 bits per heavy atom. The molecule has 1 aromatic carbocycles. The van der Waals surface area contributed by atoms with Gasteiger partial charge in [0.25, 0.3) is 0 Å². The van der Waals surface area contributed by atoms with Crippen molar-refractivity contribution in [3.63, 3.8) is 0 Å². The third kappa shape index (κ3) is 3.02. The molecule has 1 aromatic heterocycles. The highest BCUT2D eigenvalue weighted by atomic mass is 32.2. The fourth-order valence-electron chi connectivity index (χ4n) is 1.89. The molecule has 2 rings (SSSR count). The summed E-state index contributed by atoms with van der Waals surface area (Å²) in [7, 11) is -3.53. The van der Waals surface area contributed by atoms with Crippen LogP contribution in [0.3, 0.4) is 0 Å². The molecule has 0 spiro atoms. The van der Waals surface area contributed by atoms with Crippen LogP contribution in [0.2, 0.25) is 0 Å². The number of hydrogen-bond acceptors (Lipinski definition) is 3. The monoisotopic (exact) mass is 279 g/mol. The molecule has 1 heterocycles. The van der Waals surface area contributed by atoms with Crippen molar-refractivity contribution in [3.8, 4) is 0 Å². The Morgan fingerprint density at radius 2 is 1.79 bits per heavy atom. The van der Waals surface area contributed by atoms with Crippen molar-refractivity contribution in [2.45, 2.75) is 32.2 Å². The zero-order valence-electron chi connectivity index (χ0n) is 11.2. The van der Waals surface area contributed by atoms with Gasteiger partial charge in [-0.2, -0.15) is 5.10 Å². The van der Waals surface area contributed by atoms with E-state index in [9.17, 15) is 8.42 Å². The number of hydrogen-bond donors (Lipinski definition) is 2. The highest BCUT2D eigenvalue weighted by molar-refractivity contribution is 7.89. The van der Waals surface area contributed by atoms with Gasteiger partial charge in [-0.15, -0.1) is 0 Å². The molecule has 2 N–H and O–H groups in total.